The van der Waals surface area contributed by atoms with Gasteiger partial charge in [0.1, 0.15) is 0 Å². The van der Waals surface area contributed by atoms with Crippen LogP contribution >= 0.6 is 0 Å². The molecular weight excluding hydrogens is 619 g/mol. The van der Waals surface area contributed by atoms with E-state index in [1.165, 1.54) is 13.2 Å². The molecule has 0 atom stereocenters. The van der Waals surface area contributed by atoms with E-state index < -0.39 is 60.5 Å². The van der Waals surface area contributed by atoms with Crippen LogP contribution in [0.3, 0.4) is 0 Å². The van der Waals surface area contributed by atoms with Crippen molar-refractivity contribution in [3.05, 3.63) is 41.5 Å². The Morgan fingerprint density at radius 3 is 1.49 bits per heavy atom. The largest absolute Gasteiger partial charge is 0.460 e. The van der Waals surface area contributed by atoms with Gasteiger partial charge in [0.25, 0.3) is 0 Å². The van der Waals surface area contributed by atoms with E-state index in [2.05, 4.69) is 6.58 Å². The number of methoxy groups -OCH3 is 1. The van der Waals surface area contributed by atoms with Gasteiger partial charge in [-0.3, -0.25) is 0 Å². The Morgan fingerprint density at radius 2 is 1.05 bits per heavy atom. The third-order valence-electron chi connectivity index (χ3n) is 5.53. The first-order valence-electron chi connectivity index (χ1n) is 10.7. The number of hydrogen-bond acceptors (Lipinski definition) is 2. The van der Waals surface area contributed by atoms with Gasteiger partial charge in [-0.1, -0.05) is 24.8 Å². The van der Waals surface area contributed by atoms with Crippen molar-refractivity contribution in [1.29, 1.82) is 0 Å². The Kier molecular flexibility index (Phi) is 10.5. The van der Waals surface area contributed by atoms with E-state index in [0.717, 1.165) is 18.2 Å². The second kappa shape index (κ2) is 11.8. The summed E-state index contributed by atoms with van der Waals surface area (Å²) in [4.78, 5) is 0. The molecule has 0 saturated heterocycles. The summed E-state index contributed by atoms with van der Waals surface area (Å²) in [5.74, 6) is -56.4. The molecule has 0 aliphatic rings. The maximum Gasteiger partial charge on any atom is 0.460 e. The minimum Gasteiger partial charge on any atom is -0.382 e. The Balaban J connectivity index is 3.39. The van der Waals surface area contributed by atoms with Gasteiger partial charge in [0.05, 0.1) is 19.8 Å². The van der Waals surface area contributed by atoms with Crippen LogP contribution in [0.2, 0.25) is 0 Å². The lowest BCUT2D eigenvalue weighted by molar-refractivity contribution is -0.461. The molecule has 2 nitrogen and oxygen atoms in total. The third-order valence-corrected chi connectivity index (χ3v) is 5.53. The smallest absolute Gasteiger partial charge is 0.382 e. The fourth-order valence-electron chi connectivity index (χ4n) is 3.12. The van der Waals surface area contributed by atoms with Crippen LogP contribution in [-0.4, -0.2) is 68.0 Å². The van der Waals surface area contributed by atoms with Crippen molar-refractivity contribution in [1.82, 2.24) is 0 Å². The van der Waals surface area contributed by atoms with Crippen molar-refractivity contribution in [2.45, 2.75) is 67.1 Å². The average Bonchev–Trinajstić information content (AvgIpc) is 2.83. The number of aryl methyl sites for hydroxylation is 1. The van der Waals surface area contributed by atoms with E-state index in [1.54, 1.807) is 0 Å². The van der Waals surface area contributed by atoms with Crippen LogP contribution in [0.5, 0.6) is 0 Å². The van der Waals surface area contributed by atoms with Gasteiger partial charge >= 0.3 is 47.6 Å². The lowest BCUT2D eigenvalue weighted by Gasteiger charge is -2.42. The Labute approximate surface area is 220 Å². The molecule has 0 saturated carbocycles. The highest BCUT2D eigenvalue weighted by Crippen LogP contribution is 2.64. The van der Waals surface area contributed by atoms with Gasteiger partial charge in [-0.25, -0.2) is 0 Å². The first kappa shape index (κ1) is 36.7. The SMILES string of the molecule is C=Cc1cc(CCC(F)(F)C(F)(F)C(F)(F)C(F)(F)C(F)(F)C(F)(F)C(F)(F)C(F)(F)F)cc(COCCOC)c1. The molecule has 1 rings (SSSR count). The minimum atomic E-state index is -8.64. The van der Waals surface area contributed by atoms with Crippen molar-refractivity contribution < 1.29 is 84.1 Å². The average molecular weight is 638 g/mol. The zero-order valence-electron chi connectivity index (χ0n) is 20.3. The molecule has 0 spiro atoms. The van der Waals surface area contributed by atoms with E-state index in [0.29, 0.717) is 0 Å². The quantitative estimate of drug-likeness (QED) is 0.142. The van der Waals surface area contributed by atoms with Crippen LogP contribution in [-0.2, 0) is 22.5 Å². The summed E-state index contributed by atoms with van der Waals surface area (Å²) in [6.07, 6.45) is -10.6. The molecule has 41 heavy (non-hydrogen) atoms. The maximum atomic E-state index is 14.2. The van der Waals surface area contributed by atoms with E-state index in [9.17, 15) is 74.6 Å². The summed E-state index contributed by atoms with van der Waals surface area (Å²) in [6.45, 7) is 3.20. The predicted octanol–water partition coefficient (Wildman–Crippen LogP) is 8.43. The number of ether oxygens (including phenoxy) is 2. The first-order valence-corrected chi connectivity index (χ1v) is 10.7. The number of halogens is 17. The number of alkyl halides is 17. The van der Waals surface area contributed by atoms with Crippen molar-refractivity contribution in [2.75, 3.05) is 20.3 Å². The van der Waals surface area contributed by atoms with E-state index in [-0.39, 0.29) is 36.5 Å². The van der Waals surface area contributed by atoms with Gasteiger partial charge in [0, 0.05) is 13.5 Å². The molecule has 0 aliphatic heterocycles. The van der Waals surface area contributed by atoms with Gasteiger partial charge in [0.15, 0.2) is 0 Å². The third kappa shape index (κ3) is 6.39. The zero-order chi connectivity index (χ0) is 32.5. The van der Waals surface area contributed by atoms with Crippen LogP contribution in [0, 0.1) is 0 Å². The molecule has 0 aliphatic carbocycles. The highest BCUT2D eigenvalue weighted by molar-refractivity contribution is 5.50. The summed E-state index contributed by atoms with van der Waals surface area (Å²) in [7, 11) is 1.32. The second-order valence-corrected chi connectivity index (χ2v) is 8.48. The lowest BCUT2D eigenvalue weighted by atomic mass is 9.87. The molecule has 19 heteroatoms. The van der Waals surface area contributed by atoms with E-state index in [1.807, 2.05) is 0 Å². The van der Waals surface area contributed by atoms with Crippen molar-refractivity contribution in [3.63, 3.8) is 0 Å². The summed E-state index contributed by atoms with van der Waals surface area (Å²) in [5, 5.41) is 0. The molecule has 0 radical (unpaired) electrons. The van der Waals surface area contributed by atoms with Crippen LogP contribution in [0.15, 0.2) is 24.8 Å². The normalized spacial score (nSPS) is 14.9. The number of rotatable bonds is 15. The fraction of sp³-hybridized carbons (Fsp3) is 0.636. The molecule has 1 aromatic rings. The predicted molar refractivity (Wildman–Crippen MR) is 107 cm³/mol. The van der Waals surface area contributed by atoms with Crippen molar-refractivity contribution >= 4 is 6.08 Å². The molecule has 0 unspecified atom stereocenters. The minimum absolute atomic E-state index is 0.0102. The highest BCUT2D eigenvalue weighted by atomic mass is 19.4. The molecule has 0 fully saturated rings. The van der Waals surface area contributed by atoms with E-state index >= 15 is 0 Å². The van der Waals surface area contributed by atoms with Gasteiger partial charge in [-0.15, -0.1) is 0 Å². The fourth-order valence-corrected chi connectivity index (χ4v) is 3.12. The molecular formula is C22H19F17O2. The van der Waals surface area contributed by atoms with Gasteiger partial charge in [-0.05, 0) is 29.2 Å². The molecule has 0 N–H and O–H groups in total. The summed E-state index contributed by atoms with van der Waals surface area (Å²) in [6, 6.07) is 3.30. The monoisotopic (exact) mass is 638 g/mol. The summed E-state index contributed by atoms with van der Waals surface area (Å²) in [5.41, 5.74) is -0.0971. The molecule has 0 aromatic heterocycles. The molecule has 1 aromatic carbocycles. The molecule has 0 heterocycles. The Hall–Kier alpha value is -2.31. The van der Waals surface area contributed by atoms with Crippen LogP contribution < -0.4 is 0 Å². The van der Waals surface area contributed by atoms with Crippen LogP contribution in [0.4, 0.5) is 74.6 Å². The maximum absolute atomic E-state index is 14.2. The van der Waals surface area contributed by atoms with Gasteiger partial charge in [-0.2, -0.15) is 74.6 Å². The highest BCUT2D eigenvalue weighted by Gasteiger charge is 2.95. The molecule has 238 valence electrons. The molecule has 0 bridgehead atoms. The van der Waals surface area contributed by atoms with Gasteiger partial charge < -0.3 is 9.47 Å². The number of benzene rings is 1. The van der Waals surface area contributed by atoms with Crippen LogP contribution in [0.1, 0.15) is 23.1 Å². The number of hydrogen-bond donors (Lipinski definition) is 0. The van der Waals surface area contributed by atoms with Crippen molar-refractivity contribution in [3.8, 4) is 0 Å². The van der Waals surface area contributed by atoms with Crippen LogP contribution in [0.25, 0.3) is 6.08 Å². The first-order chi connectivity index (χ1) is 18.2. The van der Waals surface area contributed by atoms with E-state index in [4.69, 9.17) is 9.47 Å². The zero-order valence-corrected chi connectivity index (χ0v) is 20.3. The lowest BCUT2D eigenvalue weighted by Crippen LogP contribution is -2.74. The summed E-state index contributed by atoms with van der Waals surface area (Å²) >= 11 is 0. The Bertz CT molecular complexity index is 1050. The van der Waals surface area contributed by atoms with Gasteiger partial charge in [0.2, 0.25) is 0 Å². The van der Waals surface area contributed by atoms with Crippen molar-refractivity contribution in [2.24, 2.45) is 0 Å². The standard InChI is InChI=1S/C22H19F17O2/c1-3-12-8-13(10-14(9-12)11-41-7-6-40-2)4-5-15(23,24)16(25,26)17(27,28)18(29,30)19(31,32)20(33,34)21(35,36)22(37,38)39/h3,8-10H,1,4-7,11H2,2H3. The Morgan fingerprint density at radius 1 is 0.610 bits per heavy atom. The topological polar surface area (TPSA) is 18.5 Å². The molecule has 0 amide bonds. The second-order valence-electron chi connectivity index (χ2n) is 8.48. The summed E-state index contributed by atoms with van der Waals surface area (Å²) < 4.78 is 238.